The highest BCUT2D eigenvalue weighted by molar-refractivity contribution is 6.02. The van der Waals surface area contributed by atoms with Crippen LogP contribution in [0.2, 0.25) is 0 Å². The number of anilines is 2. The number of rotatable bonds is 7. The van der Waals surface area contributed by atoms with E-state index in [2.05, 4.69) is 32.1 Å². The van der Waals surface area contributed by atoms with Gasteiger partial charge in [0.2, 0.25) is 17.6 Å². The molecule has 1 aromatic heterocycles. The van der Waals surface area contributed by atoms with E-state index in [1.165, 1.54) is 6.08 Å². The summed E-state index contributed by atoms with van der Waals surface area (Å²) in [6.07, 6.45) is 3.14. The Labute approximate surface area is 189 Å². The molecule has 1 aromatic carbocycles. The molecule has 1 aliphatic heterocycles. The van der Waals surface area contributed by atoms with Crippen molar-refractivity contribution in [3.8, 4) is 17.2 Å². The van der Waals surface area contributed by atoms with Gasteiger partial charge in [-0.25, -0.2) is 9.97 Å². The molecule has 2 aromatic rings. The second kappa shape index (κ2) is 10.3. The zero-order valence-corrected chi connectivity index (χ0v) is 19.6. The fourth-order valence-corrected chi connectivity index (χ4v) is 3.56. The Morgan fingerprint density at radius 3 is 2.03 bits per heavy atom. The van der Waals surface area contributed by atoms with E-state index in [1.54, 1.807) is 39.5 Å². The standard InChI is InChI=1S/C23H31N5O4/c1-15-21(16(2)25-23(24-15)28-11-9-27(3)10-12-28)26-20(29)8-7-17-13-18(30-4)22(32-6)19(14-17)31-5/h7-8,13-14H,9-12H2,1-6H3,(H,26,29)/b8-7+. The Bertz CT molecular complexity index is 952. The maximum Gasteiger partial charge on any atom is 0.248 e. The lowest BCUT2D eigenvalue weighted by atomic mass is 10.1. The van der Waals surface area contributed by atoms with Crippen LogP contribution in [0.15, 0.2) is 18.2 Å². The molecule has 9 nitrogen and oxygen atoms in total. The molecular weight excluding hydrogens is 410 g/mol. The van der Waals surface area contributed by atoms with Crippen LogP contribution in [0.4, 0.5) is 11.6 Å². The quantitative estimate of drug-likeness (QED) is 0.656. The molecule has 1 saturated heterocycles. The highest BCUT2D eigenvalue weighted by Crippen LogP contribution is 2.38. The van der Waals surface area contributed by atoms with Crippen molar-refractivity contribution in [2.45, 2.75) is 13.8 Å². The Morgan fingerprint density at radius 1 is 0.969 bits per heavy atom. The van der Waals surface area contributed by atoms with Gasteiger partial charge in [0.05, 0.1) is 38.4 Å². The molecule has 0 unspecified atom stereocenters. The third-order valence-corrected chi connectivity index (χ3v) is 5.41. The number of amides is 1. The number of nitrogens with one attached hydrogen (secondary N) is 1. The molecule has 0 aliphatic carbocycles. The molecule has 9 heteroatoms. The van der Waals surface area contributed by atoms with Crippen molar-refractivity contribution in [1.29, 1.82) is 0 Å². The van der Waals surface area contributed by atoms with Gasteiger partial charge in [-0.15, -0.1) is 0 Å². The summed E-state index contributed by atoms with van der Waals surface area (Å²) in [6, 6.07) is 3.55. The van der Waals surface area contributed by atoms with Gasteiger partial charge in [0, 0.05) is 32.3 Å². The summed E-state index contributed by atoms with van der Waals surface area (Å²) in [5.74, 6) is 1.97. The number of benzene rings is 1. The Hall–Kier alpha value is -3.33. The van der Waals surface area contributed by atoms with Crippen molar-refractivity contribution in [3.63, 3.8) is 0 Å². The minimum Gasteiger partial charge on any atom is -0.493 e. The van der Waals surface area contributed by atoms with Crippen LogP contribution in [0.3, 0.4) is 0 Å². The molecule has 32 heavy (non-hydrogen) atoms. The highest BCUT2D eigenvalue weighted by Gasteiger charge is 2.19. The Kier molecular flexibility index (Phi) is 7.53. The van der Waals surface area contributed by atoms with Gasteiger partial charge in [-0.3, -0.25) is 4.79 Å². The third-order valence-electron chi connectivity index (χ3n) is 5.41. The van der Waals surface area contributed by atoms with Gasteiger partial charge in [0.25, 0.3) is 0 Å². The molecule has 0 spiro atoms. The van der Waals surface area contributed by atoms with Gasteiger partial charge < -0.3 is 29.3 Å². The summed E-state index contributed by atoms with van der Waals surface area (Å²) in [6.45, 7) is 7.49. The number of carbonyl (C=O) groups is 1. The molecule has 0 atom stereocenters. The molecule has 1 amide bonds. The van der Waals surface area contributed by atoms with E-state index >= 15 is 0 Å². The first-order valence-electron chi connectivity index (χ1n) is 10.4. The van der Waals surface area contributed by atoms with E-state index < -0.39 is 0 Å². The van der Waals surface area contributed by atoms with Crippen LogP contribution < -0.4 is 24.4 Å². The van der Waals surface area contributed by atoms with E-state index in [-0.39, 0.29) is 5.91 Å². The van der Waals surface area contributed by atoms with Crippen LogP contribution in [-0.4, -0.2) is 75.3 Å². The van der Waals surface area contributed by atoms with Gasteiger partial charge >= 0.3 is 0 Å². The second-order valence-electron chi connectivity index (χ2n) is 7.64. The molecule has 1 aliphatic rings. The zero-order chi connectivity index (χ0) is 23.3. The first kappa shape index (κ1) is 23.3. The van der Waals surface area contributed by atoms with Crippen molar-refractivity contribution in [2.24, 2.45) is 0 Å². The summed E-state index contributed by atoms with van der Waals surface area (Å²) in [5.41, 5.74) is 2.84. The molecule has 172 valence electrons. The fourth-order valence-electron chi connectivity index (χ4n) is 3.56. The molecule has 1 fully saturated rings. The third kappa shape index (κ3) is 5.28. The lowest BCUT2D eigenvalue weighted by Crippen LogP contribution is -2.45. The lowest BCUT2D eigenvalue weighted by Gasteiger charge is -2.32. The van der Waals surface area contributed by atoms with Gasteiger partial charge in [0.15, 0.2) is 11.5 Å². The minimum absolute atomic E-state index is 0.277. The second-order valence-corrected chi connectivity index (χ2v) is 7.64. The van der Waals surface area contributed by atoms with E-state index in [0.717, 1.165) is 43.1 Å². The average molecular weight is 442 g/mol. The van der Waals surface area contributed by atoms with Gasteiger partial charge in [-0.2, -0.15) is 0 Å². The Balaban J connectivity index is 1.74. The predicted molar refractivity (Wildman–Crippen MR) is 125 cm³/mol. The average Bonchev–Trinajstić information content (AvgIpc) is 2.79. The largest absolute Gasteiger partial charge is 0.493 e. The van der Waals surface area contributed by atoms with Gasteiger partial charge in [0.1, 0.15) is 0 Å². The molecule has 0 saturated carbocycles. The number of hydrogen-bond acceptors (Lipinski definition) is 8. The lowest BCUT2D eigenvalue weighted by molar-refractivity contribution is -0.111. The topological polar surface area (TPSA) is 89.1 Å². The first-order chi connectivity index (χ1) is 15.4. The monoisotopic (exact) mass is 441 g/mol. The first-order valence-corrected chi connectivity index (χ1v) is 10.4. The SMILES string of the molecule is COc1cc(/C=C/C(=O)Nc2c(C)nc(N3CCN(C)CC3)nc2C)cc(OC)c1OC. The molecule has 2 heterocycles. The molecular formula is C23H31N5O4. The molecule has 0 bridgehead atoms. The number of methoxy groups -OCH3 is 3. The fraction of sp³-hybridized carbons (Fsp3) is 0.435. The number of aryl methyl sites for hydroxylation is 2. The van der Waals surface area contributed by atoms with Gasteiger partial charge in [-0.05, 0) is 44.7 Å². The van der Waals surface area contributed by atoms with E-state index in [0.29, 0.717) is 28.9 Å². The number of ether oxygens (including phenoxy) is 3. The molecule has 1 N–H and O–H groups in total. The number of piperazine rings is 1. The number of nitrogens with zero attached hydrogens (tertiary/aromatic N) is 4. The van der Waals surface area contributed by atoms with Crippen molar-refractivity contribution in [1.82, 2.24) is 14.9 Å². The number of carbonyl (C=O) groups excluding carboxylic acids is 1. The van der Waals surface area contributed by atoms with Crippen LogP contribution in [-0.2, 0) is 4.79 Å². The van der Waals surface area contributed by atoms with Crippen LogP contribution in [0.5, 0.6) is 17.2 Å². The summed E-state index contributed by atoms with van der Waals surface area (Å²) in [4.78, 5) is 26.3. The number of hydrogen-bond donors (Lipinski definition) is 1. The van der Waals surface area contributed by atoms with E-state index in [4.69, 9.17) is 14.2 Å². The maximum absolute atomic E-state index is 12.6. The van der Waals surface area contributed by atoms with Crippen LogP contribution in [0.1, 0.15) is 17.0 Å². The zero-order valence-electron chi connectivity index (χ0n) is 19.6. The molecule has 3 rings (SSSR count). The van der Waals surface area contributed by atoms with E-state index in [9.17, 15) is 4.79 Å². The number of likely N-dealkylation sites (N-methyl/N-ethyl adjacent to an activating group) is 1. The summed E-state index contributed by atoms with van der Waals surface area (Å²) < 4.78 is 16.0. The predicted octanol–water partition coefficient (Wildman–Crippen LogP) is 2.52. The summed E-state index contributed by atoms with van der Waals surface area (Å²) >= 11 is 0. The van der Waals surface area contributed by atoms with Crippen molar-refractivity contribution < 1.29 is 19.0 Å². The van der Waals surface area contributed by atoms with Crippen LogP contribution >= 0.6 is 0 Å². The van der Waals surface area contributed by atoms with Gasteiger partial charge in [-0.1, -0.05) is 0 Å². The van der Waals surface area contributed by atoms with Crippen LogP contribution in [0, 0.1) is 13.8 Å². The van der Waals surface area contributed by atoms with E-state index in [1.807, 2.05) is 13.8 Å². The Morgan fingerprint density at radius 2 is 1.53 bits per heavy atom. The van der Waals surface area contributed by atoms with Crippen LogP contribution in [0.25, 0.3) is 6.08 Å². The normalized spacial score (nSPS) is 14.5. The van der Waals surface area contributed by atoms with Crippen molar-refractivity contribution in [3.05, 3.63) is 35.2 Å². The number of aromatic nitrogens is 2. The highest BCUT2D eigenvalue weighted by atomic mass is 16.5. The van der Waals surface area contributed by atoms with Crippen molar-refractivity contribution >= 4 is 23.6 Å². The summed E-state index contributed by atoms with van der Waals surface area (Å²) in [5, 5.41) is 2.90. The summed E-state index contributed by atoms with van der Waals surface area (Å²) in [7, 11) is 6.76. The molecule has 0 radical (unpaired) electrons. The maximum atomic E-state index is 12.6. The van der Waals surface area contributed by atoms with Crippen molar-refractivity contribution in [2.75, 3.05) is 64.8 Å². The smallest absolute Gasteiger partial charge is 0.248 e. The minimum atomic E-state index is -0.277.